The molecule has 0 bridgehead atoms. The first-order valence-electron chi connectivity index (χ1n) is 10.4. The Hall–Kier alpha value is -3.38. The second-order valence-corrected chi connectivity index (χ2v) is 8.03. The Labute approximate surface area is 186 Å². The number of nitrogens with zero attached hydrogens (tertiary/aromatic N) is 5. The number of para-hydroxylation sites is 1. The quantitative estimate of drug-likeness (QED) is 0.270. The standard InChI is InChI=1S/C22H28N8S/c1-3-25-22(27-13-11-17-15-31-16(2)28-17)26-12-7-10-20-19(14-23)21(24)30(29-20)18-8-5-4-6-9-18/h4-6,8-9,15H,3,7,10-13,24H2,1-2H3,(H2,25,26,27). The van der Waals surface area contributed by atoms with Gasteiger partial charge in [0.2, 0.25) is 0 Å². The summed E-state index contributed by atoms with van der Waals surface area (Å²) in [5.74, 6) is 1.16. The van der Waals surface area contributed by atoms with Crippen molar-refractivity contribution in [3.63, 3.8) is 0 Å². The molecule has 162 valence electrons. The van der Waals surface area contributed by atoms with Crippen LogP contribution in [0.5, 0.6) is 0 Å². The lowest BCUT2D eigenvalue weighted by molar-refractivity contribution is 0.754. The predicted molar refractivity (Wildman–Crippen MR) is 126 cm³/mol. The zero-order chi connectivity index (χ0) is 22.1. The highest BCUT2D eigenvalue weighted by atomic mass is 32.1. The number of benzene rings is 1. The van der Waals surface area contributed by atoms with Crippen LogP contribution in [0.4, 0.5) is 5.82 Å². The summed E-state index contributed by atoms with van der Waals surface area (Å²) in [7, 11) is 0. The van der Waals surface area contributed by atoms with Crippen molar-refractivity contribution in [3.05, 3.63) is 57.7 Å². The van der Waals surface area contributed by atoms with Gasteiger partial charge in [0.25, 0.3) is 0 Å². The van der Waals surface area contributed by atoms with Crippen LogP contribution in [0.1, 0.15) is 35.3 Å². The van der Waals surface area contributed by atoms with Crippen molar-refractivity contribution in [1.29, 1.82) is 5.26 Å². The lowest BCUT2D eigenvalue weighted by Gasteiger charge is -2.10. The molecule has 0 aliphatic heterocycles. The fourth-order valence-corrected chi connectivity index (χ4v) is 3.80. The number of nitrogen functional groups attached to an aromatic ring is 1. The fourth-order valence-electron chi connectivity index (χ4n) is 3.15. The Balaban J connectivity index is 1.56. The van der Waals surface area contributed by atoms with Gasteiger partial charge in [-0.05, 0) is 38.8 Å². The smallest absolute Gasteiger partial charge is 0.191 e. The monoisotopic (exact) mass is 436 g/mol. The molecule has 2 aromatic heterocycles. The lowest BCUT2D eigenvalue weighted by atomic mass is 10.1. The highest BCUT2D eigenvalue weighted by molar-refractivity contribution is 7.09. The first-order valence-corrected chi connectivity index (χ1v) is 11.3. The SMILES string of the molecule is CCNC(=NCCCc1nn(-c2ccccc2)c(N)c1C#N)NCCc1csc(C)n1. The van der Waals surface area contributed by atoms with Crippen LogP contribution in [0.15, 0.2) is 40.7 Å². The minimum Gasteiger partial charge on any atom is -0.382 e. The first-order chi connectivity index (χ1) is 15.1. The topological polar surface area (TPSA) is 117 Å². The number of rotatable bonds is 9. The number of aliphatic imine (C=N–C) groups is 1. The molecule has 0 spiro atoms. The molecule has 31 heavy (non-hydrogen) atoms. The van der Waals surface area contributed by atoms with E-state index in [4.69, 9.17) is 5.73 Å². The van der Waals surface area contributed by atoms with Gasteiger partial charge in [0.05, 0.1) is 22.1 Å². The molecular weight excluding hydrogens is 408 g/mol. The van der Waals surface area contributed by atoms with Crippen LogP contribution < -0.4 is 16.4 Å². The van der Waals surface area contributed by atoms with Gasteiger partial charge in [-0.3, -0.25) is 4.99 Å². The van der Waals surface area contributed by atoms with Crippen molar-refractivity contribution >= 4 is 23.1 Å². The number of anilines is 1. The van der Waals surface area contributed by atoms with Gasteiger partial charge in [-0.15, -0.1) is 11.3 Å². The maximum absolute atomic E-state index is 9.53. The van der Waals surface area contributed by atoms with E-state index >= 15 is 0 Å². The van der Waals surface area contributed by atoms with E-state index in [0.29, 0.717) is 30.0 Å². The second-order valence-electron chi connectivity index (χ2n) is 6.96. The van der Waals surface area contributed by atoms with E-state index in [0.717, 1.165) is 48.3 Å². The summed E-state index contributed by atoms with van der Waals surface area (Å²) in [5, 5.41) is 23.9. The highest BCUT2D eigenvalue weighted by Crippen LogP contribution is 2.21. The van der Waals surface area contributed by atoms with Gasteiger partial charge in [-0.25, -0.2) is 9.67 Å². The zero-order valence-corrected chi connectivity index (χ0v) is 18.7. The molecule has 0 radical (unpaired) electrons. The Bertz CT molecular complexity index is 1050. The minimum atomic E-state index is 0.375. The van der Waals surface area contributed by atoms with Crippen molar-refractivity contribution in [1.82, 2.24) is 25.4 Å². The molecule has 9 heteroatoms. The number of guanidine groups is 1. The molecule has 4 N–H and O–H groups in total. The van der Waals surface area contributed by atoms with Crippen LogP contribution in [0.3, 0.4) is 0 Å². The zero-order valence-electron chi connectivity index (χ0n) is 17.9. The van der Waals surface area contributed by atoms with E-state index in [1.165, 1.54) is 0 Å². The lowest BCUT2D eigenvalue weighted by Crippen LogP contribution is -2.38. The van der Waals surface area contributed by atoms with E-state index < -0.39 is 0 Å². The van der Waals surface area contributed by atoms with Crippen molar-refractivity contribution in [2.75, 3.05) is 25.4 Å². The molecule has 0 unspecified atom stereocenters. The molecule has 3 rings (SSSR count). The van der Waals surface area contributed by atoms with Gasteiger partial charge in [-0.1, -0.05) is 18.2 Å². The largest absolute Gasteiger partial charge is 0.382 e. The van der Waals surface area contributed by atoms with Crippen LogP contribution in [-0.2, 0) is 12.8 Å². The number of nitrogens with one attached hydrogen (secondary N) is 2. The maximum Gasteiger partial charge on any atom is 0.191 e. The minimum absolute atomic E-state index is 0.375. The molecule has 0 saturated heterocycles. The number of thiazole rings is 1. The molecule has 0 saturated carbocycles. The van der Waals surface area contributed by atoms with Crippen molar-refractivity contribution in [2.24, 2.45) is 4.99 Å². The molecular formula is C22H28N8S. The summed E-state index contributed by atoms with van der Waals surface area (Å²) in [6.45, 7) is 6.23. The molecule has 0 aliphatic carbocycles. The third-order valence-electron chi connectivity index (χ3n) is 4.63. The normalized spacial score (nSPS) is 11.3. The van der Waals surface area contributed by atoms with Crippen molar-refractivity contribution < 1.29 is 0 Å². The van der Waals surface area contributed by atoms with Gasteiger partial charge in [0.15, 0.2) is 5.96 Å². The molecule has 0 amide bonds. The van der Waals surface area contributed by atoms with E-state index in [1.807, 2.05) is 44.2 Å². The Morgan fingerprint density at radius 2 is 2.06 bits per heavy atom. The highest BCUT2D eigenvalue weighted by Gasteiger charge is 2.16. The third-order valence-corrected chi connectivity index (χ3v) is 5.45. The van der Waals surface area contributed by atoms with Gasteiger partial charge in [-0.2, -0.15) is 10.4 Å². The Morgan fingerprint density at radius 1 is 1.26 bits per heavy atom. The van der Waals surface area contributed by atoms with E-state index in [9.17, 15) is 5.26 Å². The number of hydrogen-bond donors (Lipinski definition) is 3. The summed E-state index contributed by atoms with van der Waals surface area (Å²) in [5.41, 5.74) is 9.26. The Morgan fingerprint density at radius 3 is 2.74 bits per heavy atom. The average molecular weight is 437 g/mol. The predicted octanol–water partition coefficient (Wildman–Crippen LogP) is 2.82. The first kappa shape index (κ1) is 22.3. The third kappa shape index (κ3) is 6.06. The fraction of sp³-hybridized carbons (Fsp3) is 0.364. The van der Waals surface area contributed by atoms with Gasteiger partial charge < -0.3 is 16.4 Å². The average Bonchev–Trinajstić information content (AvgIpc) is 3.34. The molecule has 8 nitrogen and oxygen atoms in total. The summed E-state index contributed by atoms with van der Waals surface area (Å²) in [4.78, 5) is 9.12. The molecule has 0 fully saturated rings. The number of aryl methyl sites for hydroxylation is 2. The van der Waals surface area contributed by atoms with Gasteiger partial charge in [0, 0.05) is 31.4 Å². The van der Waals surface area contributed by atoms with Crippen LogP contribution >= 0.6 is 11.3 Å². The Kier molecular flexibility index (Phi) is 8.01. The van der Waals surface area contributed by atoms with E-state index in [1.54, 1.807) is 16.0 Å². The van der Waals surface area contributed by atoms with Crippen LogP contribution in [0.2, 0.25) is 0 Å². The molecule has 1 aromatic carbocycles. The number of hydrogen-bond acceptors (Lipinski definition) is 6. The summed E-state index contributed by atoms with van der Waals surface area (Å²) < 4.78 is 1.63. The number of nitriles is 1. The van der Waals surface area contributed by atoms with E-state index in [2.05, 4.69) is 37.2 Å². The molecule has 0 atom stereocenters. The van der Waals surface area contributed by atoms with E-state index in [-0.39, 0.29) is 0 Å². The molecule has 0 aliphatic rings. The maximum atomic E-state index is 9.53. The summed E-state index contributed by atoms with van der Waals surface area (Å²) >= 11 is 1.67. The van der Waals surface area contributed by atoms with Gasteiger partial charge in [0.1, 0.15) is 17.5 Å². The van der Waals surface area contributed by atoms with Crippen LogP contribution in [0.25, 0.3) is 5.69 Å². The van der Waals surface area contributed by atoms with Crippen molar-refractivity contribution in [3.8, 4) is 11.8 Å². The summed E-state index contributed by atoms with van der Waals surface area (Å²) in [6.07, 6.45) is 2.26. The van der Waals surface area contributed by atoms with Crippen molar-refractivity contribution in [2.45, 2.75) is 33.1 Å². The van der Waals surface area contributed by atoms with Crippen LogP contribution in [-0.4, -0.2) is 40.4 Å². The number of aromatic nitrogens is 3. The molecule has 3 aromatic rings. The second kappa shape index (κ2) is 11.1. The van der Waals surface area contributed by atoms with Gasteiger partial charge >= 0.3 is 0 Å². The summed E-state index contributed by atoms with van der Waals surface area (Å²) in [6, 6.07) is 11.8. The van der Waals surface area contributed by atoms with Crippen LogP contribution in [0, 0.1) is 18.3 Å². The number of nitrogens with two attached hydrogens (primary N) is 1. The molecule has 2 heterocycles.